The zero-order valence-corrected chi connectivity index (χ0v) is 17.8. The highest BCUT2D eigenvalue weighted by Crippen LogP contribution is 2.17. The lowest BCUT2D eigenvalue weighted by Crippen LogP contribution is -2.31. The van der Waals surface area contributed by atoms with Crippen molar-refractivity contribution in [3.63, 3.8) is 0 Å². The molecule has 30 heavy (non-hydrogen) atoms. The summed E-state index contributed by atoms with van der Waals surface area (Å²) >= 11 is 0. The standard InChI is InChI=1S/C23H32N4O3/c1-3-24-23(25-14-13-22(28)26-18-19-9-5-4-6-10-19)27-20-11-7-12-21(17-20)30-16-8-15-29-2/h4-7,9-12,17H,3,8,13-16,18H2,1-2H3,(H,26,28)(H2,24,25,27). The molecule has 0 unspecified atom stereocenters. The van der Waals surface area contributed by atoms with Crippen LogP contribution in [0.4, 0.5) is 5.69 Å². The van der Waals surface area contributed by atoms with Crippen molar-refractivity contribution >= 4 is 17.6 Å². The SMILES string of the molecule is CCNC(=NCCC(=O)NCc1ccccc1)Nc1cccc(OCCCOC)c1. The summed E-state index contributed by atoms with van der Waals surface area (Å²) in [4.78, 5) is 16.6. The molecule has 0 atom stereocenters. The number of methoxy groups -OCH3 is 1. The van der Waals surface area contributed by atoms with Crippen LogP contribution in [0.25, 0.3) is 0 Å². The predicted molar refractivity (Wildman–Crippen MR) is 121 cm³/mol. The van der Waals surface area contributed by atoms with Gasteiger partial charge in [-0.2, -0.15) is 0 Å². The van der Waals surface area contributed by atoms with Gasteiger partial charge in [0.15, 0.2) is 5.96 Å². The zero-order chi connectivity index (χ0) is 21.4. The van der Waals surface area contributed by atoms with Gasteiger partial charge in [0.2, 0.25) is 5.91 Å². The largest absolute Gasteiger partial charge is 0.493 e. The number of hydrogen-bond donors (Lipinski definition) is 3. The Morgan fingerprint density at radius 1 is 1.03 bits per heavy atom. The highest BCUT2D eigenvalue weighted by atomic mass is 16.5. The number of rotatable bonds is 12. The molecule has 2 rings (SSSR count). The Hall–Kier alpha value is -3.06. The molecule has 0 spiro atoms. The van der Waals surface area contributed by atoms with Gasteiger partial charge in [-0.3, -0.25) is 9.79 Å². The lowest BCUT2D eigenvalue weighted by Gasteiger charge is -2.13. The number of ether oxygens (including phenoxy) is 2. The van der Waals surface area contributed by atoms with E-state index in [1.807, 2.05) is 61.5 Å². The summed E-state index contributed by atoms with van der Waals surface area (Å²) in [6, 6.07) is 17.6. The minimum Gasteiger partial charge on any atom is -0.493 e. The van der Waals surface area contributed by atoms with E-state index in [9.17, 15) is 4.79 Å². The van der Waals surface area contributed by atoms with Gasteiger partial charge in [0, 0.05) is 51.4 Å². The van der Waals surface area contributed by atoms with Crippen LogP contribution in [-0.4, -0.2) is 45.3 Å². The van der Waals surface area contributed by atoms with Gasteiger partial charge < -0.3 is 25.4 Å². The van der Waals surface area contributed by atoms with Crippen molar-refractivity contribution in [1.29, 1.82) is 0 Å². The number of benzene rings is 2. The van der Waals surface area contributed by atoms with E-state index in [-0.39, 0.29) is 5.91 Å². The first-order valence-electron chi connectivity index (χ1n) is 10.3. The fourth-order valence-electron chi connectivity index (χ4n) is 2.65. The van der Waals surface area contributed by atoms with Crippen molar-refractivity contribution in [3.05, 3.63) is 60.2 Å². The Bertz CT molecular complexity index is 781. The molecule has 2 aromatic carbocycles. The van der Waals surface area contributed by atoms with E-state index in [2.05, 4.69) is 20.9 Å². The van der Waals surface area contributed by atoms with Gasteiger partial charge in [0.1, 0.15) is 5.75 Å². The minimum absolute atomic E-state index is 0.0232. The quantitative estimate of drug-likeness (QED) is 0.283. The molecule has 0 radical (unpaired) electrons. The van der Waals surface area contributed by atoms with Gasteiger partial charge in [-0.25, -0.2) is 0 Å². The van der Waals surface area contributed by atoms with Gasteiger partial charge in [-0.15, -0.1) is 0 Å². The number of aliphatic imine (C=N–C) groups is 1. The topological polar surface area (TPSA) is 84.0 Å². The Labute approximate surface area is 178 Å². The highest BCUT2D eigenvalue weighted by molar-refractivity contribution is 5.93. The Morgan fingerprint density at radius 2 is 1.87 bits per heavy atom. The third kappa shape index (κ3) is 9.43. The molecular formula is C23H32N4O3. The molecular weight excluding hydrogens is 380 g/mol. The summed E-state index contributed by atoms with van der Waals surface area (Å²) in [6.07, 6.45) is 1.16. The lowest BCUT2D eigenvalue weighted by molar-refractivity contribution is -0.121. The van der Waals surface area contributed by atoms with E-state index in [1.54, 1.807) is 7.11 Å². The number of carbonyl (C=O) groups is 1. The second kappa shape index (κ2) is 14.0. The maximum absolute atomic E-state index is 12.1. The summed E-state index contributed by atoms with van der Waals surface area (Å²) in [5.41, 5.74) is 1.95. The summed E-state index contributed by atoms with van der Waals surface area (Å²) < 4.78 is 10.8. The lowest BCUT2D eigenvalue weighted by atomic mass is 10.2. The smallest absolute Gasteiger partial charge is 0.222 e. The second-order valence-electron chi connectivity index (χ2n) is 6.62. The number of nitrogens with zero attached hydrogens (tertiary/aromatic N) is 1. The Morgan fingerprint density at radius 3 is 2.63 bits per heavy atom. The summed E-state index contributed by atoms with van der Waals surface area (Å²) in [6.45, 7) is 4.91. The van der Waals surface area contributed by atoms with E-state index in [0.717, 1.165) is 30.0 Å². The zero-order valence-electron chi connectivity index (χ0n) is 17.8. The molecule has 0 heterocycles. The summed E-state index contributed by atoms with van der Waals surface area (Å²) in [5, 5.41) is 9.36. The fraction of sp³-hybridized carbons (Fsp3) is 0.391. The van der Waals surface area contributed by atoms with Crippen molar-refractivity contribution in [1.82, 2.24) is 10.6 Å². The van der Waals surface area contributed by atoms with E-state index in [1.165, 1.54) is 0 Å². The van der Waals surface area contributed by atoms with Gasteiger partial charge in [0.05, 0.1) is 13.2 Å². The molecule has 0 aliphatic rings. The van der Waals surface area contributed by atoms with Crippen molar-refractivity contribution in [2.24, 2.45) is 4.99 Å². The predicted octanol–water partition coefficient (Wildman–Crippen LogP) is 3.19. The normalized spacial score (nSPS) is 11.1. The van der Waals surface area contributed by atoms with Crippen molar-refractivity contribution in [3.8, 4) is 5.75 Å². The Balaban J connectivity index is 1.81. The van der Waals surface area contributed by atoms with E-state index >= 15 is 0 Å². The molecule has 0 aliphatic carbocycles. The number of hydrogen-bond acceptors (Lipinski definition) is 4. The molecule has 0 saturated carbocycles. The molecule has 3 N–H and O–H groups in total. The average molecular weight is 413 g/mol. The van der Waals surface area contributed by atoms with Crippen LogP contribution >= 0.6 is 0 Å². The molecule has 0 fully saturated rings. The molecule has 0 aliphatic heterocycles. The van der Waals surface area contributed by atoms with Crippen molar-refractivity contribution < 1.29 is 14.3 Å². The van der Waals surface area contributed by atoms with E-state index in [0.29, 0.717) is 38.7 Å². The first kappa shape index (κ1) is 23.2. The molecule has 2 aromatic rings. The van der Waals surface area contributed by atoms with Crippen LogP contribution in [0.3, 0.4) is 0 Å². The van der Waals surface area contributed by atoms with E-state index < -0.39 is 0 Å². The third-order valence-electron chi connectivity index (χ3n) is 4.14. The van der Waals surface area contributed by atoms with Gasteiger partial charge >= 0.3 is 0 Å². The van der Waals surface area contributed by atoms with Gasteiger partial charge in [-0.1, -0.05) is 36.4 Å². The van der Waals surface area contributed by atoms with Gasteiger partial charge in [0.25, 0.3) is 0 Å². The maximum atomic E-state index is 12.1. The average Bonchev–Trinajstić information content (AvgIpc) is 2.76. The van der Waals surface area contributed by atoms with Crippen LogP contribution in [0.15, 0.2) is 59.6 Å². The second-order valence-corrected chi connectivity index (χ2v) is 6.62. The van der Waals surface area contributed by atoms with E-state index in [4.69, 9.17) is 9.47 Å². The van der Waals surface area contributed by atoms with Crippen LogP contribution in [0.1, 0.15) is 25.3 Å². The van der Waals surface area contributed by atoms with Crippen molar-refractivity contribution in [2.75, 3.05) is 38.7 Å². The fourth-order valence-corrected chi connectivity index (χ4v) is 2.65. The molecule has 0 aromatic heterocycles. The van der Waals surface area contributed by atoms with Crippen LogP contribution in [0.2, 0.25) is 0 Å². The first-order chi connectivity index (χ1) is 14.7. The number of anilines is 1. The highest BCUT2D eigenvalue weighted by Gasteiger charge is 2.04. The molecule has 7 heteroatoms. The number of carbonyl (C=O) groups excluding carboxylic acids is 1. The summed E-state index contributed by atoms with van der Waals surface area (Å²) in [5.74, 6) is 1.39. The molecule has 1 amide bonds. The van der Waals surface area contributed by atoms with Gasteiger partial charge in [-0.05, 0) is 24.6 Å². The minimum atomic E-state index is -0.0232. The summed E-state index contributed by atoms with van der Waals surface area (Å²) in [7, 11) is 1.68. The third-order valence-corrected chi connectivity index (χ3v) is 4.14. The molecule has 7 nitrogen and oxygen atoms in total. The van der Waals surface area contributed by atoms with Crippen LogP contribution in [0, 0.1) is 0 Å². The van der Waals surface area contributed by atoms with Crippen LogP contribution in [0.5, 0.6) is 5.75 Å². The van der Waals surface area contributed by atoms with Crippen LogP contribution in [-0.2, 0) is 16.1 Å². The monoisotopic (exact) mass is 412 g/mol. The first-order valence-corrected chi connectivity index (χ1v) is 10.3. The maximum Gasteiger partial charge on any atom is 0.222 e. The Kier molecular flexibility index (Phi) is 10.8. The molecule has 0 saturated heterocycles. The number of nitrogens with one attached hydrogen (secondary N) is 3. The number of guanidine groups is 1. The number of amides is 1. The molecule has 162 valence electrons. The molecule has 0 bridgehead atoms. The van der Waals surface area contributed by atoms with Crippen LogP contribution < -0.4 is 20.7 Å². The van der Waals surface area contributed by atoms with Crippen molar-refractivity contribution in [2.45, 2.75) is 26.3 Å².